The summed E-state index contributed by atoms with van der Waals surface area (Å²) in [6.07, 6.45) is 3.46. The first-order chi connectivity index (χ1) is 13.2. The number of fused-ring (bicyclic) bond motifs is 1. The molecule has 1 unspecified atom stereocenters. The smallest absolute Gasteiger partial charge is 0.238 e. The van der Waals surface area contributed by atoms with Gasteiger partial charge in [0.25, 0.3) is 0 Å². The summed E-state index contributed by atoms with van der Waals surface area (Å²) in [5.41, 5.74) is 2.91. The number of carbonyl (C=O) groups excluding carboxylic acids is 2. The standard InChI is InChI=1S/C21H25N3O2S/c1-2-17-15-10-13-27-19(15)9-12-23(17)14-20(25)22-16-6-3-4-7-18(16)24-11-5-8-21(24)26/h3-4,6-7,10,13,17H,2,5,8-9,11-12,14H2,1H3,(H,22,25). The first-order valence-electron chi connectivity index (χ1n) is 9.67. The second kappa shape index (κ2) is 7.82. The van der Waals surface area contributed by atoms with Gasteiger partial charge in [-0.25, -0.2) is 0 Å². The van der Waals surface area contributed by atoms with Crippen LogP contribution in [0.2, 0.25) is 0 Å². The highest BCUT2D eigenvalue weighted by molar-refractivity contribution is 7.10. The van der Waals surface area contributed by atoms with Gasteiger partial charge in [0.2, 0.25) is 11.8 Å². The van der Waals surface area contributed by atoms with E-state index in [2.05, 4.69) is 28.6 Å². The predicted molar refractivity (Wildman–Crippen MR) is 109 cm³/mol. The summed E-state index contributed by atoms with van der Waals surface area (Å²) in [4.78, 5) is 30.4. The maximum atomic E-state index is 12.8. The lowest BCUT2D eigenvalue weighted by molar-refractivity contribution is -0.118. The summed E-state index contributed by atoms with van der Waals surface area (Å²) in [5, 5.41) is 5.20. The van der Waals surface area contributed by atoms with Crippen LogP contribution in [-0.2, 0) is 16.0 Å². The molecular weight excluding hydrogens is 358 g/mol. The molecule has 4 rings (SSSR count). The van der Waals surface area contributed by atoms with E-state index in [9.17, 15) is 9.59 Å². The molecule has 5 nitrogen and oxygen atoms in total. The van der Waals surface area contributed by atoms with E-state index >= 15 is 0 Å². The molecule has 3 heterocycles. The van der Waals surface area contributed by atoms with E-state index in [1.165, 1.54) is 10.4 Å². The molecule has 2 amide bonds. The van der Waals surface area contributed by atoms with Gasteiger partial charge in [-0.2, -0.15) is 0 Å². The van der Waals surface area contributed by atoms with Crippen LogP contribution in [0.1, 0.15) is 42.7 Å². The number of para-hydroxylation sites is 2. The van der Waals surface area contributed by atoms with Crippen LogP contribution in [0.25, 0.3) is 0 Å². The van der Waals surface area contributed by atoms with Crippen LogP contribution in [0, 0.1) is 0 Å². The molecule has 2 aliphatic rings. The van der Waals surface area contributed by atoms with Crippen LogP contribution in [0.15, 0.2) is 35.7 Å². The molecule has 1 aromatic heterocycles. The van der Waals surface area contributed by atoms with Gasteiger partial charge in [-0.15, -0.1) is 11.3 Å². The van der Waals surface area contributed by atoms with Crippen molar-refractivity contribution in [1.82, 2.24) is 4.90 Å². The summed E-state index contributed by atoms with van der Waals surface area (Å²) in [6.45, 7) is 4.18. The zero-order valence-corrected chi connectivity index (χ0v) is 16.4. The van der Waals surface area contributed by atoms with Gasteiger partial charge in [-0.3, -0.25) is 14.5 Å². The van der Waals surface area contributed by atoms with E-state index in [0.29, 0.717) is 19.0 Å². The fourth-order valence-electron chi connectivity index (χ4n) is 4.21. The Labute approximate surface area is 164 Å². The summed E-state index contributed by atoms with van der Waals surface area (Å²) < 4.78 is 0. The van der Waals surface area contributed by atoms with Gasteiger partial charge in [-0.05, 0) is 48.4 Å². The van der Waals surface area contributed by atoms with E-state index in [0.717, 1.165) is 43.7 Å². The minimum absolute atomic E-state index is 0.0220. The minimum Gasteiger partial charge on any atom is -0.323 e. The van der Waals surface area contributed by atoms with Gasteiger partial charge in [0.05, 0.1) is 17.9 Å². The maximum Gasteiger partial charge on any atom is 0.238 e. The van der Waals surface area contributed by atoms with Crippen LogP contribution < -0.4 is 10.2 Å². The normalized spacial score (nSPS) is 20.0. The van der Waals surface area contributed by atoms with E-state index in [1.807, 2.05) is 35.6 Å². The molecule has 1 N–H and O–H groups in total. The van der Waals surface area contributed by atoms with Crippen molar-refractivity contribution < 1.29 is 9.59 Å². The van der Waals surface area contributed by atoms with Crippen molar-refractivity contribution in [1.29, 1.82) is 0 Å². The fraction of sp³-hybridized carbons (Fsp3) is 0.429. The van der Waals surface area contributed by atoms with Crippen LogP contribution in [0.3, 0.4) is 0 Å². The number of nitrogens with zero attached hydrogens (tertiary/aromatic N) is 2. The number of hydrogen-bond acceptors (Lipinski definition) is 4. The molecule has 1 fully saturated rings. The topological polar surface area (TPSA) is 52.7 Å². The van der Waals surface area contributed by atoms with Crippen molar-refractivity contribution >= 4 is 34.5 Å². The third-order valence-electron chi connectivity index (χ3n) is 5.48. The molecule has 0 radical (unpaired) electrons. The molecule has 2 aliphatic heterocycles. The monoisotopic (exact) mass is 383 g/mol. The lowest BCUT2D eigenvalue weighted by atomic mass is 9.98. The Hall–Kier alpha value is -2.18. The zero-order chi connectivity index (χ0) is 18.8. The summed E-state index contributed by atoms with van der Waals surface area (Å²) in [7, 11) is 0. The average Bonchev–Trinajstić information content (AvgIpc) is 3.31. The Kier molecular flexibility index (Phi) is 5.27. The van der Waals surface area contributed by atoms with Crippen molar-refractivity contribution in [3.63, 3.8) is 0 Å². The predicted octanol–water partition coefficient (Wildman–Crippen LogP) is 3.82. The Morgan fingerprint density at radius 2 is 2.07 bits per heavy atom. The quantitative estimate of drug-likeness (QED) is 0.854. The molecule has 2 aromatic rings. The third kappa shape index (κ3) is 3.64. The Morgan fingerprint density at radius 1 is 1.22 bits per heavy atom. The van der Waals surface area contributed by atoms with E-state index in [4.69, 9.17) is 0 Å². The largest absolute Gasteiger partial charge is 0.323 e. The Bertz CT molecular complexity index is 847. The van der Waals surface area contributed by atoms with Crippen molar-refractivity contribution in [2.24, 2.45) is 0 Å². The van der Waals surface area contributed by atoms with Crippen molar-refractivity contribution in [2.75, 3.05) is 29.9 Å². The second-order valence-corrected chi connectivity index (χ2v) is 8.16. The fourth-order valence-corrected chi connectivity index (χ4v) is 5.14. The van der Waals surface area contributed by atoms with Crippen LogP contribution in [-0.4, -0.2) is 36.3 Å². The lowest BCUT2D eigenvalue weighted by Gasteiger charge is -2.34. The highest BCUT2D eigenvalue weighted by Gasteiger charge is 2.29. The van der Waals surface area contributed by atoms with Crippen LogP contribution in [0.5, 0.6) is 0 Å². The highest BCUT2D eigenvalue weighted by atomic mass is 32.1. The van der Waals surface area contributed by atoms with Gasteiger partial charge in [0, 0.05) is 30.4 Å². The average molecular weight is 384 g/mol. The number of rotatable bonds is 5. The van der Waals surface area contributed by atoms with Crippen LogP contribution in [0.4, 0.5) is 11.4 Å². The molecule has 1 atom stereocenters. The first-order valence-corrected chi connectivity index (χ1v) is 10.5. The molecule has 6 heteroatoms. The molecule has 0 saturated carbocycles. The van der Waals surface area contributed by atoms with E-state index in [-0.39, 0.29) is 11.8 Å². The van der Waals surface area contributed by atoms with Gasteiger partial charge in [0.15, 0.2) is 0 Å². The van der Waals surface area contributed by atoms with E-state index < -0.39 is 0 Å². The van der Waals surface area contributed by atoms with Crippen molar-refractivity contribution in [3.05, 3.63) is 46.2 Å². The van der Waals surface area contributed by atoms with Crippen molar-refractivity contribution in [2.45, 2.75) is 38.6 Å². The van der Waals surface area contributed by atoms with Gasteiger partial charge in [-0.1, -0.05) is 19.1 Å². The zero-order valence-electron chi connectivity index (χ0n) is 15.6. The summed E-state index contributed by atoms with van der Waals surface area (Å²) >= 11 is 1.82. The van der Waals surface area contributed by atoms with Gasteiger partial charge in [0.1, 0.15) is 0 Å². The highest BCUT2D eigenvalue weighted by Crippen LogP contribution is 2.35. The first kappa shape index (κ1) is 18.2. The number of nitrogens with one attached hydrogen (secondary N) is 1. The third-order valence-corrected chi connectivity index (χ3v) is 6.48. The summed E-state index contributed by atoms with van der Waals surface area (Å²) in [5.74, 6) is 0.106. The molecule has 0 aliphatic carbocycles. The molecule has 0 spiro atoms. The van der Waals surface area contributed by atoms with Gasteiger partial charge >= 0.3 is 0 Å². The van der Waals surface area contributed by atoms with E-state index in [1.54, 1.807) is 4.90 Å². The Balaban J connectivity index is 1.47. The lowest BCUT2D eigenvalue weighted by Crippen LogP contribution is -2.40. The molecule has 1 saturated heterocycles. The van der Waals surface area contributed by atoms with Gasteiger partial charge < -0.3 is 10.2 Å². The summed E-state index contributed by atoms with van der Waals surface area (Å²) in [6, 6.07) is 10.1. The molecule has 27 heavy (non-hydrogen) atoms. The molecule has 1 aromatic carbocycles. The minimum atomic E-state index is -0.0220. The molecule has 0 bridgehead atoms. The number of amides is 2. The number of carbonyl (C=O) groups is 2. The number of hydrogen-bond donors (Lipinski definition) is 1. The second-order valence-electron chi connectivity index (χ2n) is 7.16. The number of anilines is 2. The maximum absolute atomic E-state index is 12.8. The number of thiophene rings is 1. The number of benzene rings is 1. The van der Waals surface area contributed by atoms with Crippen LogP contribution >= 0.6 is 11.3 Å². The Morgan fingerprint density at radius 3 is 2.85 bits per heavy atom. The van der Waals surface area contributed by atoms with Crippen molar-refractivity contribution in [3.8, 4) is 0 Å². The SMILES string of the molecule is CCC1c2ccsc2CCN1CC(=O)Nc1ccccc1N1CCCC1=O. The molecular formula is C21H25N3O2S. The molecule has 142 valence electrons.